The van der Waals surface area contributed by atoms with Crippen LogP contribution in [0.3, 0.4) is 0 Å². The van der Waals surface area contributed by atoms with Crippen LogP contribution >= 0.6 is 0 Å². The van der Waals surface area contributed by atoms with E-state index in [2.05, 4.69) is 28.8 Å². The molecule has 2 heterocycles. The highest BCUT2D eigenvalue weighted by Crippen LogP contribution is 2.20. The average Bonchev–Trinajstić information content (AvgIpc) is 2.86. The van der Waals surface area contributed by atoms with Crippen molar-refractivity contribution < 1.29 is 0 Å². The van der Waals surface area contributed by atoms with Gasteiger partial charge in [-0.05, 0) is 38.1 Å². The van der Waals surface area contributed by atoms with Crippen LogP contribution in [0.1, 0.15) is 25.5 Å². The molecule has 0 amide bonds. The second-order valence-electron chi connectivity index (χ2n) is 5.12. The first kappa shape index (κ1) is 13.8. The molecule has 0 aliphatic carbocycles. The Balaban J connectivity index is 1.99. The summed E-state index contributed by atoms with van der Waals surface area (Å²) in [5.41, 5.74) is 7.02. The summed E-state index contributed by atoms with van der Waals surface area (Å²) < 4.78 is 0. The summed E-state index contributed by atoms with van der Waals surface area (Å²) in [7, 11) is 2.09. The quantitative estimate of drug-likeness (QED) is 0.619. The summed E-state index contributed by atoms with van der Waals surface area (Å²) in [6, 6.07) is 4.43. The molecule has 1 aromatic rings. The topological polar surface area (TPSA) is 69.2 Å². The zero-order chi connectivity index (χ0) is 13.8. The number of nitrogen functional groups attached to an aromatic ring is 1. The molecule has 1 unspecified atom stereocenters. The Morgan fingerprint density at radius 2 is 2.37 bits per heavy atom. The number of likely N-dealkylation sites (tertiary alicyclic amines) is 1. The van der Waals surface area contributed by atoms with Gasteiger partial charge in [0.15, 0.2) is 0 Å². The van der Waals surface area contributed by atoms with Gasteiger partial charge in [0, 0.05) is 19.6 Å². The molecule has 2 rings (SSSR count). The highest BCUT2D eigenvalue weighted by Gasteiger charge is 2.24. The first-order chi connectivity index (χ1) is 9.11. The van der Waals surface area contributed by atoms with Crippen molar-refractivity contribution in [3.8, 4) is 0 Å². The van der Waals surface area contributed by atoms with Gasteiger partial charge in [0.05, 0.1) is 11.9 Å². The maximum Gasteiger partial charge on any atom is 0.141 e. The van der Waals surface area contributed by atoms with Crippen LogP contribution in [-0.2, 0) is 0 Å². The molecule has 5 nitrogen and oxygen atoms in total. The van der Waals surface area contributed by atoms with Gasteiger partial charge in [-0.2, -0.15) is 0 Å². The number of amidine groups is 1. The summed E-state index contributed by atoms with van der Waals surface area (Å²) in [5, 5.41) is 7.34. The van der Waals surface area contributed by atoms with Gasteiger partial charge in [-0.25, -0.2) is 0 Å². The lowest BCUT2D eigenvalue weighted by Crippen LogP contribution is -2.38. The fraction of sp³-hybridized carbons (Fsp3) is 0.571. The van der Waals surface area contributed by atoms with Crippen LogP contribution in [0.15, 0.2) is 18.3 Å². The van der Waals surface area contributed by atoms with Crippen molar-refractivity contribution in [2.24, 2.45) is 5.73 Å². The van der Waals surface area contributed by atoms with Gasteiger partial charge < -0.3 is 10.6 Å². The highest BCUT2D eigenvalue weighted by molar-refractivity contribution is 5.93. The molecule has 1 saturated heterocycles. The molecule has 1 atom stereocenters. The van der Waals surface area contributed by atoms with Crippen molar-refractivity contribution in [2.45, 2.75) is 25.8 Å². The van der Waals surface area contributed by atoms with Gasteiger partial charge in [0.2, 0.25) is 0 Å². The SMILES string of the molecule is CCN1CCCC1CN(C)c1ccc(C(=N)N)nc1. The van der Waals surface area contributed by atoms with E-state index in [0.717, 1.165) is 18.8 Å². The first-order valence-corrected chi connectivity index (χ1v) is 6.87. The smallest absolute Gasteiger partial charge is 0.141 e. The predicted octanol–water partition coefficient (Wildman–Crippen LogP) is 1.29. The maximum absolute atomic E-state index is 7.34. The largest absolute Gasteiger partial charge is 0.382 e. The fourth-order valence-corrected chi connectivity index (χ4v) is 2.71. The monoisotopic (exact) mass is 261 g/mol. The molecule has 104 valence electrons. The van der Waals surface area contributed by atoms with Crippen LogP contribution in [0, 0.1) is 5.41 Å². The number of aromatic nitrogens is 1. The lowest BCUT2D eigenvalue weighted by atomic mass is 10.2. The van der Waals surface area contributed by atoms with Crippen molar-refractivity contribution >= 4 is 11.5 Å². The third-order valence-corrected chi connectivity index (χ3v) is 3.85. The Morgan fingerprint density at radius 1 is 1.58 bits per heavy atom. The minimum atomic E-state index is 0.0159. The molecule has 1 aliphatic heterocycles. The van der Waals surface area contributed by atoms with Gasteiger partial charge in [0.1, 0.15) is 11.5 Å². The van der Waals surface area contributed by atoms with Crippen molar-refractivity contribution in [1.29, 1.82) is 5.41 Å². The number of anilines is 1. The standard InChI is InChI=1S/C14H23N5/c1-3-19-8-4-5-12(19)10-18(2)11-6-7-13(14(15)16)17-9-11/h6-7,9,12H,3-5,8,10H2,1-2H3,(H3,15,16). The van der Waals surface area contributed by atoms with Crippen molar-refractivity contribution in [1.82, 2.24) is 9.88 Å². The van der Waals surface area contributed by atoms with E-state index >= 15 is 0 Å². The van der Waals surface area contributed by atoms with E-state index in [-0.39, 0.29) is 5.84 Å². The Kier molecular flexibility index (Phi) is 4.37. The van der Waals surface area contributed by atoms with E-state index in [1.807, 2.05) is 6.07 Å². The summed E-state index contributed by atoms with van der Waals surface area (Å²) >= 11 is 0. The molecule has 1 aromatic heterocycles. The summed E-state index contributed by atoms with van der Waals surface area (Å²) in [6.07, 6.45) is 4.37. The first-order valence-electron chi connectivity index (χ1n) is 6.87. The Labute approximate surface area is 114 Å². The molecule has 0 spiro atoms. The molecule has 19 heavy (non-hydrogen) atoms. The molecule has 0 bridgehead atoms. The Bertz CT molecular complexity index is 428. The van der Waals surface area contributed by atoms with Crippen molar-refractivity contribution in [3.63, 3.8) is 0 Å². The lowest BCUT2D eigenvalue weighted by molar-refractivity contribution is 0.270. The normalized spacial score (nSPS) is 19.6. The minimum Gasteiger partial charge on any atom is -0.382 e. The predicted molar refractivity (Wildman–Crippen MR) is 78.8 cm³/mol. The third kappa shape index (κ3) is 3.23. The van der Waals surface area contributed by atoms with Gasteiger partial charge in [0.25, 0.3) is 0 Å². The summed E-state index contributed by atoms with van der Waals surface area (Å²) in [6.45, 7) is 5.59. The number of nitrogens with one attached hydrogen (secondary N) is 1. The lowest BCUT2D eigenvalue weighted by Gasteiger charge is -2.28. The van der Waals surface area contributed by atoms with Crippen LogP contribution in [0.5, 0.6) is 0 Å². The fourth-order valence-electron chi connectivity index (χ4n) is 2.71. The van der Waals surface area contributed by atoms with E-state index in [4.69, 9.17) is 11.1 Å². The Hall–Kier alpha value is -1.62. The average molecular weight is 261 g/mol. The zero-order valence-corrected chi connectivity index (χ0v) is 11.8. The molecule has 5 heteroatoms. The van der Waals surface area contributed by atoms with E-state index in [0.29, 0.717) is 11.7 Å². The Morgan fingerprint density at radius 3 is 2.95 bits per heavy atom. The van der Waals surface area contributed by atoms with E-state index in [1.165, 1.54) is 19.4 Å². The van der Waals surface area contributed by atoms with Crippen LogP contribution in [0.4, 0.5) is 5.69 Å². The van der Waals surface area contributed by atoms with Crippen LogP contribution < -0.4 is 10.6 Å². The molecular weight excluding hydrogens is 238 g/mol. The van der Waals surface area contributed by atoms with Gasteiger partial charge >= 0.3 is 0 Å². The highest BCUT2D eigenvalue weighted by atomic mass is 15.2. The number of pyridine rings is 1. The van der Waals surface area contributed by atoms with Crippen molar-refractivity contribution in [2.75, 3.05) is 31.6 Å². The number of hydrogen-bond acceptors (Lipinski definition) is 4. The summed E-state index contributed by atoms with van der Waals surface area (Å²) in [5.74, 6) is 0.0159. The molecule has 0 saturated carbocycles. The molecule has 3 N–H and O–H groups in total. The van der Waals surface area contributed by atoms with Crippen LogP contribution in [-0.4, -0.2) is 48.4 Å². The molecular formula is C14H23N5. The van der Waals surface area contributed by atoms with E-state index < -0.39 is 0 Å². The number of nitrogens with two attached hydrogens (primary N) is 1. The number of hydrogen-bond donors (Lipinski definition) is 2. The van der Waals surface area contributed by atoms with Crippen LogP contribution in [0.25, 0.3) is 0 Å². The second-order valence-corrected chi connectivity index (χ2v) is 5.12. The second kappa shape index (κ2) is 6.02. The molecule has 0 radical (unpaired) electrons. The number of likely N-dealkylation sites (N-methyl/N-ethyl adjacent to an activating group) is 2. The van der Waals surface area contributed by atoms with Crippen LogP contribution in [0.2, 0.25) is 0 Å². The minimum absolute atomic E-state index is 0.0159. The van der Waals surface area contributed by atoms with Crippen molar-refractivity contribution in [3.05, 3.63) is 24.0 Å². The van der Waals surface area contributed by atoms with Gasteiger partial charge in [-0.15, -0.1) is 0 Å². The van der Waals surface area contributed by atoms with E-state index in [1.54, 1.807) is 12.3 Å². The van der Waals surface area contributed by atoms with Gasteiger partial charge in [-0.1, -0.05) is 6.92 Å². The molecule has 1 fully saturated rings. The summed E-state index contributed by atoms with van der Waals surface area (Å²) in [4.78, 5) is 8.98. The van der Waals surface area contributed by atoms with E-state index in [9.17, 15) is 0 Å². The zero-order valence-electron chi connectivity index (χ0n) is 11.8. The number of rotatable bonds is 5. The molecule has 0 aromatic carbocycles. The third-order valence-electron chi connectivity index (χ3n) is 3.85. The number of nitrogens with zero attached hydrogens (tertiary/aromatic N) is 3. The molecule has 1 aliphatic rings. The van der Waals surface area contributed by atoms with Gasteiger partial charge in [-0.3, -0.25) is 15.3 Å². The maximum atomic E-state index is 7.34.